The van der Waals surface area contributed by atoms with Crippen molar-refractivity contribution < 1.29 is 0 Å². The van der Waals surface area contributed by atoms with Gasteiger partial charge in [-0.1, -0.05) is 39.0 Å². The van der Waals surface area contributed by atoms with Crippen LogP contribution < -0.4 is 0 Å². The second kappa shape index (κ2) is 3.23. The molecular weight excluding hydrogens is 180 g/mol. The van der Waals surface area contributed by atoms with E-state index >= 15 is 0 Å². The van der Waals surface area contributed by atoms with Crippen LogP contribution in [0.2, 0.25) is 0 Å². The molecule has 0 amide bonds. The van der Waals surface area contributed by atoms with Crippen LogP contribution in [0.4, 0.5) is 0 Å². The van der Waals surface area contributed by atoms with Gasteiger partial charge in [0.15, 0.2) is 0 Å². The molecule has 0 aromatic carbocycles. The third-order valence-corrected chi connectivity index (χ3v) is 5.58. The highest BCUT2D eigenvalue weighted by molar-refractivity contribution is 5.25. The van der Waals surface area contributed by atoms with Crippen molar-refractivity contribution in [2.75, 3.05) is 0 Å². The fourth-order valence-electron chi connectivity index (χ4n) is 3.71. The fourth-order valence-corrected chi connectivity index (χ4v) is 3.71. The van der Waals surface area contributed by atoms with Gasteiger partial charge in [-0.25, -0.2) is 0 Å². The number of hydrogen-bond acceptors (Lipinski definition) is 0. The Morgan fingerprint density at radius 2 is 1.93 bits per heavy atom. The molecule has 84 valence electrons. The highest BCUT2D eigenvalue weighted by Crippen LogP contribution is 2.60. The molecule has 0 aromatic heterocycles. The fraction of sp³-hybridized carbons (Fsp3) is 0.733. The zero-order valence-electron chi connectivity index (χ0n) is 10.5. The molecule has 0 heteroatoms. The summed E-state index contributed by atoms with van der Waals surface area (Å²) in [4.78, 5) is 0. The van der Waals surface area contributed by atoms with Gasteiger partial charge >= 0.3 is 0 Å². The second-order valence-electron chi connectivity index (χ2n) is 6.18. The Kier molecular flexibility index (Phi) is 2.37. The Bertz CT molecular complexity index is 301. The zero-order valence-corrected chi connectivity index (χ0v) is 10.5. The Balaban J connectivity index is 2.37. The van der Waals surface area contributed by atoms with E-state index in [1.165, 1.54) is 31.3 Å². The van der Waals surface area contributed by atoms with Crippen molar-refractivity contribution in [1.82, 2.24) is 0 Å². The zero-order chi connectivity index (χ0) is 11.3. The SMILES string of the molecule is C=C[C@]1(C)CC[C@@]2(C)C(=C)[C@@H]1CC[C@@H]2C. The minimum Gasteiger partial charge on any atom is -0.103 e. The van der Waals surface area contributed by atoms with E-state index in [2.05, 4.69) is 40.0 Å². The Morgan fingerprint density at radius 3 is 2.53 bits per heavy atom. The van der Waals surface area contributed by atoms with Crippen LogP contribution in [0.15, 0.2) is 24.8 Å². The number of hydrogen-bond donors (Lipinski definition) is 0. The molecule has 0 unspecified atom stereocenters. The summed E-state index contributed by atoms with van der Waals surface area (Å²) in [5.41, 5.74) is 2.23. The molecule has 0 heterocycles. The molecule has 0 saturated heterocycles. The van der Waals surface area contributed by atoms with Crippen molar-refractivity contribution in [3.63, 3.8) is 0 Å². The van der Waals surface area contributed by atoms with Gasteiger partial charge in [-0.3, -0.25) is 0 Å². The average Bonchev–Trinajstić information content (AvgIpc) is 2.22. The lowest BCUT2D eigenvalue weighted by Gasteiger charge is -2.56. The molecule has 2 aliphatic rings. The summed E-state index contributed by atoms with van der Waals surface area (Å²) in [6.07, 6.45) is 7.45. The molecule has 2 rings (SSSR count). The second-order valence-corrected chi connectivity index (χ2v) is 6.18. The summed E-state index contributed by atoms with van der Waals surface area (Å²) in [6, 6.07) is 0. The lowest BCUT2D eigenvalue weighted by Crippen LogP contribution is -2.46. The van der Waals surface area contributed by atoms with Gasteiger partial charge < -0.3 is 0 Å². The van der Waals surface area contributed by atoms with Crippen molar-refractivity contribution in [3.05, 3.63) is 24.8 Å². The van der Waals surface area contributed by atoms with Crippen molar-refractivity contribution in [2.45, 2.75) is 46.5 Å². The van der Waals surface area contributed by atoms with Gasteiger partial charge in [0, 0.05) is 0 Å². The molecule has 0 spiro atoms. The lowest BCUT2D eigenvalue weighted by molar-refractivity contribution is 0.0466. The van der Waals surface area contributed by atoms with Gasteiger partial charge in [-0.15, -0.1) is 6.58 Å². The van der Waals surface area contributed by atoms with E-state index in [0.717, 1.165) is 5.92 Å². The summed E-state index contributed by atoms with van der Waals surface area (Å²) in [5.74, 6) is 1.50. The maximum Gasteiger partial charge on any atom is -0.00834 e. The van der Waals surface area contributed by atoms with Crippen LogP contribution in [0.25, 0.3) is 0 Å². The van der Waals surface area contributed by atoms with Gasteiger partial charge in [0.2, 0.25) is 0 Å². The summed E-state index contributed by atoms with van der Waals surface area (Å²) in [7, 11) is 0. The van der Waals surface area contributed by atoms with E-state index in [1.807, 2.05) is 0 Å². The minimum atomic E-state index is 0.316. The normalized spacial score (nSPS) is 50.2. The largest absolute Gasteiger partial charge is 0.103 e. The van der Waals surface area contributed by atoms with E-state index in [9.17, 15) is 0 Å². The van der Waals surface area contributed by atoms with E-state index in [0.29, 0.717) is 16.7 Å². The Labute approximate surface area is 94.5 Å². The van der Waals surface area contributed by atoms with Crippen LogP contribution >= 0.6 is 0 Å². The number of fused-ring (bicyclic) bond motifs is 2. The van der Waals surface area contributed by atoms with Crippen molar-refractivity contribution in [1.29, 1.82) is 0 Å². The lowest BCUT2D eigenvalue weighted by atomic mass is 9.49. The predicted molar refractivity (Wildman–Crippen MR) is 66.7 cm³/mol. The van der Waals surface area contributed by atoms with Gasteiger partial charge in [0.1, 0.15) is 0 Å². The van der Waals surface area contributed by atoms with Crippen LogP contribution in [0, 0.1) is 22.7 Å². The number of allylic oxidation sites excluding steroid dienone is 2. The summed E-state index contributed by atoms with van der Waals surface area (Å²) >= 11 is 0. The highest BCUT2D eigenvalue weighted by Gasteiger charge is 2.50. The highest BCUT2D eigenvalue weighted by atomic mass is 14.5. The van der Waals surface area contributed by atoms with Crippen molar-refractivity contribution in [3.8, 4) is 0 Å². The van der Waals surface area contributed by atoms with E-state index < -0.39 is 0 Å². The average molecular weight is 204 g/mol. The van der Waals surface area contributed by atoms with Crippen LogP contribution in [0.5, 0.6) is 0 Å². The molecule has 0 radical (unpaired) electrons. The smallest absolute Gasteiger partial charge is 0.00834 e. The minimum absolute atomic E-state index is 0.316. The van der Waals surface area contributed by atoms with E-state index in [4.69, 9.17) is 0 Å². The quantitative estimate of drug-likeness (QED) is 0.548. The molecule has 0 N–H and O–H groups in total. The first-order chi connectivity index (χ1) is 6.94. The number of rotatable bonds is 1. The Hall–Kier alpha value is -0.520. The molecule has 0 aliphatic heterocycles. The van der Waals surface area contributed by atoms with Gasteiger partial charge in [-0.05, 0) is 48.3 Å². The molecule has 2 saturated carbocycles. The first-order valence-corrected chi connectivity index (χ1v) is 6.27. The molecule has 4 atom stereocenters. The van der Waals surface area contributed by atoms with Gasteiger partial charge in [0.25, 0.3) is 0 Å². The Morgan fingerprint density at radius 1 is 1.27 bits per heavy atom. The maximum absolute atomic E-state index is 4.42. The van der Waals surface area contributed by atoms with Crippen LogP contribution in [-0.4, -0.2) is 0 Å². The molecule has 0 aromatic rings. The van der Waals surface area contributed by atoms with Crippen LogP contribution in [0.3, 0.4) is 0 Å². The molecule has 0 nitrogen and oxygen atoms in total. The topological polar surface area (TPSA) is 0 Å². The summed E-state index contributed by atoms with van der Waals surface area (Å²) in [6.45, 7) is 15.6. The maximum atomic E-state index is 4.42. The standard InChI is InChI=1S/C15H24/c1-6-14(4)9-10-15(5)11(2)7-8-13(14)12(15)3/h6,11,13H,1,3,7-10H2,2,4-5H3/t11-,13-,14+,15+/m0/s1. The van der Waals surface area contributed by atoms with E-state index in [1.54, 1.807) is 0 Å². The molecule has 2 fully saturated rings. The first-order valence-electron chi connectivity index (χ1n) is 6.27. The predicted octanol–water partition coefficient (Wildman–Crippen LogP) is 4.58. The molecular formula is C15H24. The molecule has 2 aliphatic carbocycles. The van der Waals surface area contributed by atoms with Crippen LogP contribution in [0.1, 0.15) is 46.5 Å². The van der Waals surface area contributed by atoms with E-state index in [-0.39, 0.29) is 0 Å². The first kappa shape index (κ1) is 11.0. The van der Waals surface area contributed by atoms with Crippen LogP contribution in [-0.2, 0) is 0 Å². The van der Waals surface area contributed by atoms with Gasteiger partial charge in [-0.2, -0.15) is 0 Å². The third-order valence-electron chi connectivity index (χ3n) is 5.58. The van der Waals surface area contributed by atoms with Crippen molar-refractivity contribution >= 4 is 0 Å². The summed E-state index contributed by atoms with van der Waals surface area (Å²) in [5, 5.41) is 0. The van der Waals surface area contributed by atoms with Crippen molar-refractivity contribution in [2.24, 2.45) is 22.7 Å². The molecule has 15 heavy (non-hydrogen) atoms. The third kappa shape index (κ3) is 1.33. The van der Waals surface area contributed by atoms with Gasteiger partial charge in [0.05, 0.1) is 0 Å². The summed E-state index contributed by atoms with van der Waals surface area (Å²) < 4.78 is 0. The monoisotopic (exact) mass is 204 g/mol. The molecule has 2 bridgehead atoms.